The Labute approximate surface area is 127 Å². The monoisotopic (exact) mass is 337 g/mol. The normalized spacial score (nSPS) is 10.6. The second kappa shape index (κ2) is 7.41. The van der Waals surface area contributed by atoms with Crippen LogP contribution in [0, 0.1) is 5.82 Å². The van der Waals surface area contributed by atoms with Gasteiger partial charge < -0.3 is 10.1 Å². The highest BCUT2D eigenvalue weighted by Gasteiger charge is 2.03. The van der Waals surface area contributed by atoms with E-state index in [1.54, 1.807) is 19.2 Å². The van der Waals surface area contributed by atoms with Crippen LogP contribution in [0.3, 0.4) is 0 Å². The smallest absolute Gasteiger partial charge is 0.123 e. The predicted octanol–water partition coefficient (Wildman–Crippen LogP) is 3.93. The standard InChI is InChI=1S/C16H17BrFNO/c1-20-16-6-5-14(17)10-13(16)11-19-8-7-12-3-2-4-15(18)9-12/h2-6,9-10,19H,7-8,11H2,1H3. The molecule has 0 radical (unpaired) electrons. The van der Waals surface area contributed by atoms with Crippen LogP contribution < -0.4 is 10.1 Å². The molecule has 4 heteroatoms. The first-order valence-electron chi connectivity index (χ1n) is 6.46. The molecule has 0 unspecified atom stereocenters. The van der Waals surface area contributed by atoms with Crippen LogP contribution in [0.4, 0.5) is 4.39 Å². The van der Waals surface area contributed by atoms with Gasteiger partial charge in [0.05, 0.1) is 7.11 Å². The quantitative estimate of drug-likeness (QED) is 0.806. The first-order valence-corrected chi connectivity index (χ1v) is 7.26. The molecule has 0 amide bonds. The molecule has 0 fully saturated rings. The van der Waals surface area contributed by atoms with E-state index < -0.39 is 0 Å². The highest BCUT2D eigenvalue weighted by atomic mass is 79.9. The van der Waals surface area contributed by atoms with Crippen LogP contribution in [0.25, 0.3) is 0 Å². The molecule has 20 heavy (non-hydrogen) atoms. The van der Waals surface area contributed by atoms with Crippen molar-refractivity contribution in [2.24, 2.45) is 0 Å². The third kappa shape index (κ3) is 4.32. The highest BCUT2D eigenvalue weighted by molar-refractivity contribution is 9.10. The van der Waals surface area contributed by atoms with Crippen molar-refractivity contribution in [3.63, 3.8) is 0 Å². The number of halogens is 2. The maximum atomic E-state index is 13.0. The summed E-state index contributed by atoms with van der Waals surface area (Å²) in [5.41, 5.74) is 2.10. The Morgan fingerprint density at radius 2 is 2.05 bits per heavy atom. The van der Waals surface area contributed by atoms with Gasteiger partial charge in [-0.15, -0.1) is 0 Å². The lowest BCUT2D eigenvalue weighted by Gasteiger charge is -2.10. The summed E-state index contributed by atoms with van der Waals surface area (Å²) in [5.74, 6) is 0.683. The zero-order valence-electron chi connectivity index (χ0n) is 11.3. The average Bonchev–Trinajstić information content (AvgIpc) is 2.44. The number of rotatable bonds is 6. The molecule has 106 valence electrons. The van der Waals surface area contributed by atoms with E-state index in [1.165, 1.54) is 6.07 Å². The van der Waals surface area contributed by atoms with Gasteiger partial charge in [0.2, 0.25) is 0 Å². The molecule has 0 aliphatic rings. The number of hydrogen-bond acceptors (Lipinski definition) is 2. The molecule has 0 aliphatic carbocycles. The zero-order valence-corrected chi connectivity index (χ0v) is 12.9. The number of methoxy groups -OCH3 is 1. The van der Waals surface area contributed by atoms with E-state index in [9.17, 15) is 4.39 Å². The second-order valence-corrected chi connectivity index (χ2v) is 5.43. The summed E-state index contributed by atoms with van der Waals surface area (Å²) in [4.78, 5) is 0. The van der Waals surface area contributed by atoms with E-state index in [1.807, 2.05) is 24.3 Å². The van der Waals surface area contributed by atoms with Gasteiger partial charge in [-0.3, -0.25) is 0 Å². The van der Waals surface area contributed by atoms with Crippen molar-refractivity contribution < 1.29 is 9.13 Å². The first kappa shape index (κ1) is 15.0. The van der Waals surface area contributed by atoms with Gasteiger partial charge in [-0.2, -0.15) is 0 Å². The van der Waals surface area contributed by atoms with Gasteiger partial charge in [-0.25, -0.2) is 4.39 Å². The maximum absolute atomic E-state index is 13.0. The fraction of sp³-hybridized carbons (Fsp3) is 0.250. The second-order valence-electron chi connectivity index (χ2n) is 4.51. The first-order chi connectivity index (χ1) is 9.69. The topological polar surface area (TPSA) is 21.3 Å². The molecule has 0 heterocycles. The van der Waals surface area contributed by atoms with E-state index in [2.05, 4.69) is 21.2 Å². The van der Waals surface area contributed by atoms with Crippen LogP contribution in [0.2, 0.25) is 0 Å². The molecule has 1 N–H and O–H groups in total. The van der Waals surface area contributed by atoms with E-state index in [0.717, 1.165) is 40.9 Å². The summed E-state index contributed by atoms with van der Waals surface area (Å²) in [6.45, 7) is 1.51. The third-order valence-electron chi connectivity index (χ3n) is 3.04. The summed E-state index contributed by atoms with van der Waals surface area (Å²) in [6.07, 6.45) is 0.800. The van der Waals surface area contributed by atoms with Crippen molar-refractivity contribution in [2.75, 3.05) is 13.7 Å². The third-order valence-corrected chi connectivity index (χ3v) is 3.53. The Hall–Kier alpha value is -1.39. The molecule has 0 saturated carbocycles. The number of nitrogens with one attached hydrogen (secondary N) is 1. The Bertz CT molecular complexity index is 574. The van der Waals surface area contributed by atoms with Crippen molar-refractivity contribution in [3.05, 3.63) is 63.9 Å². The summed E-state index contributed by atoms with van der Waals surface area (Å²) in [5, 5.41) is 3.35. The Balaban J connectivity index is 1.85. The lowest BCUT2D eigenvalue weighted by molar-refractivity contribution is 0.407. The maximum Gasteiger partial charge on any atom is 0.123 e. The fourth-order valence-electron chi connectivity index (χ4n) is 2.03. The van der Waals surface area contributed by atoms with E-state index in [4.69, 9.17) is 4.74 Å². The molecule has 0 spiro atoms. The van der Waals surface area contributed by atoms with Crippen molar-refractivity contribution in [1.29, 1.82) is 0 Å². The zero-order chi connectivity index (χ0) is 14.4. The summed E-state index contributed by atoms with van der Waals surface area (Å²) in [6, 6.07) is 12.6. The van der Waals surface area contributed by atoms with Crippen molar-refractivity contribution in [1.82, 2.24) is 5.32 Å². The minimum atomic E-state index is -0.184. The van der Waals surface area contributed by atoms with Crippen molar-refractivity contribution >= 4 is 15.9 Å². The fourth-order valence-corrected chi connectivity index (χ4v) is 2.44. The van der Waals surface area contributed by atoms with Crippen LogP contribution in [0.5, 0.6) is 5.75 Å². The molecule has 0 bridgehead atoms. The van der Waals surface area contributed by atoms with Gasteiger partial charge in [0.25, 0.3) is 0 Å². The number of benzene rings is 2. The van der Waals surface area contributed by atoms with E-state index in [0.29, 0.717) is 0 Å². The van der Waals surface area contributed by atoms with Crippen LogP contribution in [0.1, 0.15) is 11.1 Å². The molecule has 2 aromatic rings. The molecule has 2 rings (SSSR count). The summed E-state index contributed by atoms with van der Waals surface area (Å²) >= 11 is 3.45. The largest absolute Gasteiger partial charge is 0.496 e. The highest BCUT2D eigenvalue weighted by Crippen LogP contribution is 2.22. The van der Waals surface area contributed by atoms with Gasteiger partial charge in [-0.1, -0.05) is 28.1 Å². The number of hydrogen-bond donors (Lipinski definition) is 1. The molecule has 0 atom stereocenters. The predicted molar refractivity (Wildman–Crippen MR) is 82.5 cm³/mol. The van der Waals surface area contributed by atoms with Gasteiger partial charge >= 0.3 is 0 Å². The molecule has 0 aromatic heterocycles. The van der Waals surface area contributed by atoms with Crippen molar-refractivity contribution in [3.8, 4) is 5.75 Å². The molecular formula is C16H17BrFNO. The number of ether oxygens (including phenoxy) is 1. The van der Waals surface area contributed by atoms with Crippen molar-refractivity contribution in [2.45, 2.75) is 13.0 Å². The minimum absolute atomic E-state index is 0.184. The SMILES string of the molecule is COc1ccc(Br)cc1CNCCc1cccc(F)c1. The minimum Gasteiger partial charge on any atom is -0.496 e. The lowest BCUT2D eigenvalue weighted by atomic mass is 10.1. The van der Waals surface area contributed by atoms with Gasteiger partial charge in [-0.05, 0) is 48.9 Å². The van der Waals surface area contributed by atoms with Crippen LogP contribution in [0.15, 0.2) is 46.9 Å². The Morgan fingerprint density at radius 1 is 1.20 bits per heavy atom. The molecule has 2 nitrogen and oxygen atoms in total. The van der Waals surface area contributed by atoms with Gasteiger partial charge in [0.1, 0.15) is 11.6 Å². The van der Waals surface area contributed by atoms with Crippen LogP contribution >= 0.6 is 15.9 Å². The molecule has 0 aliphatic heterocycles. The summed E-state index contributed by atoms with van der Waals surface area (Å²) in [7, 11) is 1.67. The average molecular weight is 338 g/mol. The van der Waals surface area contributed by atoms with Crippen LogP contribution in [-0.4, -0.2) is 13.7 Å². The Kier molecular flexibility index (Phi) is 5.56. The molecular weight excluding hydrogens is 321 g/mol. The van der Waals surface area contributed by atoms with Crippen LogP contribution in [-0.2, 0) is 13.0 Å². The lowest BCUT2D eigenvalue weighted by Crippen LogP contribution is -2.17. The van der Waals surface area contributed by atoms with E-state index in [-0.39, 0.29) is 5.82 Å². The van der Waals surface area contributed by atoms with Gasteiger partial charge in [0, 0.05) is 16.6 Å². The Morgan fingerprint density at radius 3 is 2.80 bits per heavy atom. The van der Waals surface area contributed by atoms with Gasteiger partial charge in [0.15, 0.2) is 0 Å². The molecule has 0 saturated heterocycles. The molecule has 2 aromatic carbocycles. The summed E-state index contributed by atoms with van der Waals surface area (Å²) < 4.78 is 19.4. The van der Waals surface area contributed by atoms with E-state index >= 15 is 0 Å².